The Morgan fingerprint density at radius 3 is 2.69 bits per heavy atom. The van der Waals surface area contributed by atoms with Crippen molar-refractivity contribution >= 4 is 17.6 Å². The van der Waals surface area contributed by atoms with Crippen LogP contribution in [0, 0.1) is 11.3 Å². The molecule has 0 saturated heterocycles. The van der Waals surface area contributed by atoms with E-state index in [-0.39, 0.29) is 17.3 Å². The van der Waals surface area contributed by atoms with Gasteiger partial charge in [0.15, 0.2) is 5.82 Å². The van der Waals surface area contributed by atoms with Crippen LogP contribution in [-0.4, -0.2) is 16.5 Å². The molecule has 5 N–H and O–H groups in total. The first-order valence-electron chi connectivity index (χ1n) is 3.76. The molecule has 0 aliphatic heterocycles. The number of hydrogen-bond acceptors (Lipinski definition) is 6. The molecule has 1 rings (SSSR count). The average Bonchev–Trinajstić information content (AvgIpc) is 2.04. The fourth-order valence-corrected chi connectivity index (χ4v) is 0.902. The topological polar surface area (TPSA) is 114 Å². The van der Waals surface area contributed by atoms with Gasteiger partial charge in [0.25, 0.3) is 0 Å². The van der Waals surface area contributed by atoms with Gasteiger partial charge in [-0.1, -0.05) is 0 Å². The first-order chi connectivity index (χ1) is 6.19. The van der Waals surface area contributed by atoms with Gasteiger partial charge in [0.1, 0.15) is 17.5 Å². The van der Waals surface area contributed by atoms with E-state index in [9.17, 15) is 0 Å². The molecular formula is C7H10N6. The van der Waals surface area contributed by atoms with Crippen LogP contribution in [0.5, 0.6) is 0 Å². The van der Waals surface area contributed by atoms with Crippen LogP contribution in [0.2, 0.25) is 0 Å². The Bertz CT molecular complexity index is 353. The van der Waals surface area contributed by atoms with Gasteiger partial charge in [0, 0.05) is 6.54 Å². The summed E-state index contributed by atoms with van der Waals surface area (Å²) in [5, 5.41) is 11.6. The van der Waals surface area contributed by atoms with Crippen LogP contribution in [0.3, 0.4) is 0 Å². The Hall–Kier alpha value is -2.03. The van der Waals surface area contributed by atoms with Crippen molar-refractivity contribution in [1.29, 1.82) is 5.26 Å². The van der Waals surface area contributed by atoms with Crippen LogP contribution in [0.1, 0.15) is 12.5 Å². The van der Waals surface area contributed by atoms with Crippen molar-refractivity contribution in [1.82, 2.24) is 9.97 Å². The minimum atomic E-state index is 0.0625. The zero-order valence-corrected chi connectivity index (χ0v) is 7.20. The number of nitriles is 1. The molecule has 0 amide bonds. The molecule has 0 atom stereocenters. The maximum absolute atomic E-state index is 8.73. The third-order valence-corrected chi connectivity index (χ3v) is 1.41. The van der Waals surface area contributed by atoms with Crippen LogP contribution in [0.25, 0.3) is 0 Å². The smallest absolute Gasteiger partial charge is 0.224 e. The quantitative estimate of drug-likeness (QED) is 0.584. The standard InChI is InChI=1S/C7H10N6/c1-2-11-6-4(3-8)5(9)12-7(10)13-6/h2H2,1H3,(H5,9,10,11,12,13). The van der Waals surface area contributed by atoms with E-state index >= 15 is 0 Å². The minimum Gasteiger partial charge on any atom is -0.382 e. The Morgan fingerprint density at radius 1 is 1.46 bits per heavy atom. The summed E-state index contributed by atoms with van der Waals surface area (Å²) in [6.07, 6.45) is 0. The van der Waals surface area contributed by atoms with Gasteiger partial charge in [0.05, 0.1) is 0 Å². The van der Waals surface area contributed by atoms with Crippen LogP contribution < -0.4 is 16.8 Å². The number of nitrogens with one attached hydrogen (secondary N) is 1. The lowest BCUT2D eigenvalue weighted by Gasteiger charge is -2.06. The number of rotatable bonds is 2. The summed E-state index contributed by atoms with van der Waals surface area (Å²) in [5.41, 5.74) is 11.1. The SMILES string of the molecule is CCNc1nc(N)nc(N)c1C#N. The van der Waals surface area contributed by atoms with Gasteiger partial charge in [-0.25, -0.2) is 0 Å². The summed E-state index contributed by atoms with van der Waals surface area (Å²) in [7, 11) is 0. The fraction of sp³-hybridized carbons (Fsp3) is 0.286. The first kappa shape index (κ1) is 9.06. The van der Waals surface area contributed by atoms with E-state index < -0.39 is 0 Å². The molecule has 1 aromatic heterocycles. The van der Waals surface area contributed by atoms with Crippen LogP contribution in [0.15, 0.2) is 0 Å². The Balaban J connectivity index is 3.23. The van der Waals surface area contributed by atoms with Gasteiger partial charge in [0.2, 0.25) is 5.95 Å². The summed E-state index contributed by atoms with van der Waals surface area (Å²) >= 11 is 0. The number of nitrogens with zero attached hydrogens (tertiary/aromatic N) is 3. The second kappa shape index (κ2) is 3.58. The highest BCUT2D eigenvalue weighted by Crippen LogP contribution is 2.17. The molecular weight excluding hydrogens is 168 g/mol. The Kier molecular flexibility index (Phi) is 2.50. The van der Waals surface area contributed by atoms with Crippen LogP contribution >= 0.6 is 0 Å². The number of aromatic nitrogens is 2. The molecule has 0 bridgehead atoms. The first-order valence-corrected chi connectivity index (χ1v) is 3.76. The van der Waals surface area contributed by atoms with E-state index in [1.165, 1.54) is 0 Å². The predicted molar refractivity (Wildman–Crippen MR) is 49.7 cm³/mol. The molecule has 1 heterocycles. The van der Waals surface area contributed by atoms with Gasteiger partial charge >= 0.3 is 0 Å². The molecule has 0 aliphatic rings. The summed E-state index contributed by atoms with van der Waals surface area (Å²) in [4.78, 5) is 7.52. The highest BCUT2D eigenvalue weighted by Gasteiger charge is 2.09. The molecule has 0 saturated carbocycles. The van der Waals surface area contributed by atoms with Gasteiger partial charge in [-0.05, 0) is 6.92 Å². The van der Waals surface area contributed by atoms with E-state index in [2.05, 4.69) is 15.3 Å². The van der Waals surface area contributed by atoms with Crippen molar-refractivity contribution in [3.8, 4) is 6.07 Å². The van der Waals surface area contributed by atoms with E-state index in [4.69, 9.17) is 16.7 Å². The highest BCUT2D eigenvalue weighted by molar-refractivity contribution is 5.64. The van der Waals surface area contributed by atoms with E-state index in [0.29, 0.717) is 12.4 Å². The third kappa shape index (κ3) is 1.76. The molecule has 68 valence electrons. The van der Waals surface area contributed by atoms with Crippen molar-refractivity contribution in [3.05, 3.63) is 5.56 Å². The highest BCUT2D eigenvalue weighted by atomic mass is 15.1. The van der Waals surface area contributed by atoms with E-state index in [1.54, 1.807) is 0 Å². The number of nitrogens with two attached hydrogens (primary N) is 2. The van der Waals surface area contributed by atoms with Crippen molar-refractivity contribution in [3.63, 3.8) is 0 Å². The summed E-state index contributed by atoms with van der Waals surface area (Å²) < 4.78 is 0. The number of anilines is 3. The third-order valence-electron chi connectivity index (χ3n) is 1.41. The summed E-state index contributed by atoms with van der Waals surface area (Å²) in [6, 6.07) is 1.91. The summed E-state index contributed by atoms with van der Waals surface area (Å²) in [5.74, 6) is 0.549. The second-order valence-electron chi connectivity index (χ2n) is 2.33. The molecule has 0 unspecified atom stereocenters. The molecule has 0 aliphatic carbocycles. The monoisotopic (exact) mass is 178 g/mol. The maximum Gasteiger partial charge on any atom is 0.224 e. The Labute approximate surface area is 75.6 Å². The predicted octanol–water partition coefficient (Wildman–Crippen LogP) is -0.0555. The van der Waals surface area contributed by atoms with E-state index in [1.807, 2.05) is 13.0 Å². The number of hydrogen-bond donors (Lipinski definition) is 3. The molecule has 13 heavy (non-hydrogen) atoms. The van der Waals surface area contributed by atoms with Gasteiger partial charge < -0.3 is 16.8 Å². The lowest BCUT2D eigenvalue weighted by Crippen LogP contribution is -2.09. The van der Waals surface area contributed by atoms with Crippen molar-refractivity contribution in [2.75, 3.05) is 23.3 Å². The van der Waals surface area contributed by atoms with Crippen molar-refractivity contribution < 1.29 is 0 Å². The zero-order valence-electron chi connectivity index (χ0n) is 7.20. The fourth-order valence-electron chi connectivity index (χ4n) is 0.902. The lowest BCUT2D eigenvalue weighted by molar-refractivity contribution is 1.12. The lowest BCUT2D eigenvalue weighted by atomic mass is 10.3. The van der Waals surface area contributed by atoms with E-state index in [0.717, 1.165) is 0 Å². The largest absolute Gasteiger partial charge is 0.382 e. The molecule has 6 nitrogen and oxygen atoms in total. The van der Waals surface area contributed by atoms with Crippen molar-refractivity contribution in [2.45, 2.75) is 6.92 Å². The molecule has 0 spiro atoms. The molecule has 1 aromatic rings. The minimum absolute atomic E-state index is 0.0625. The van der Waals surface area contributed by atoms with Gasteiger partial charge in [-0.2, -0.15) is 15.2 Å². The van der Waals surface area contributed by atoms with Gasteiger partial charge in [-0.3, -0.25) is 0 Å². The number of nitrogen functional groups attached to an aromatic ring is 2. The van der Waals surface area contributed by atoms with Crippen molar-refractivity contribution in [2.24, 2.45) is 0 Å². The molecule has 6 heteroatoms. The Morgan fingerprint density at radius 2 is 2.15 bits per heavy atom. The normalized spacial score (nSPS) is 9.23. The molecule has 0 aromatic carbocycles. The average molecular weight is 178 g/mol. The van der Waals surface area contributed by atoms with Crippen LogP contribution in [0.4, 0.5) is 17.6 Å². The van der Waals surface area contributed by atoms with Gasteiger partial charge in [-0.15, -0.1) is 0 Å². The molecule has 0 radical (unpaired) electrons. The van der Waals surface area contributed by atoms with Crippen LogP contribution in [-0.2, 0) is 0 Å². The summed E-state index contributed by atoms with van der Waals surface area (Å²) in [6.45, 7) is 2.53. The second-order valence-corrected chi connectivity index (χ2v) is 2.33. The maximum atomic E-state index is 8.73. The molecule has 0 fully saturated rings. The zero-order chi connectivity index (χ0) is 9.84.